The van der Waals surface area contributed by atoms with E-state index in [1.165, 1.54) is 24.3 Å². The van der Waals surface area contributed by atoms with Crippen LogP contribution in [0.15, 0.2) is 63.9 Å². The Kier molecular flexibility index (Phi) is 5.85. The number of nitro benzene ring substituents is 1. The molecule has 1 aromatic heterocycles. The maximum atomic E-state index is 13.0. The molecule has 6 nitrogen and oxygen atoms in total. The minimum absolute atomic E-state index is 0.0104. The van der Waals surface area contributed by atoms with Crippen molar-refractivity contribution in [1.29, 1.82) is 0 Å². The van der Waals surface area contributed by atoms with Crippen LogP contribution in [0, 0.1) is 17.0 Å². The van der Waals surface area contributed by atoms with E-state index in [0.717, 1.165) is 28.8 Å². The Hall–Kier alpha value is -3.44. The normalized spacial score (nSPS) is 15.5. The molecule has 0 spiro atoms. The molecule has 2 aromatic carbocycles. The zero-order chi connectivity index (χ0) is 23.9. The number of amides is 1. The highest BCUT2D eigenvalue weighted by molar-refractivity contribution is 8.27. The maximum Gasteiger partial charge on any atom is 0.416 e. The van der Waals surface area contributed by atoms with Crippen LogP contribution in [0.2, 0.25) is 0 Å². The monoisotopic (exact) mass is 490 g/mol. The van der Waals surface area contributed by atoms with Crippen LogP contribution in [0.25, 0.3) is 17.4 Å². The number of benzene rings is 2. The number of carbonyl (C=O) groups is 1. The van der Waals surface area contributed by atoms with Crippen LogP contribution < -0.4 is 4.90 Å². The molecule has 0 bridgehead atoms. The van der Waals surface area contributed by atoms with Crippen molar-refractivity contribution in [2.75, 3.05) is 4.90 Å². The molecule has 3 aromatic rings. The number of furan rings is 1. The fraction of sp³-hybridized carbons (Fsp3) is 0.0909. The van der Waals surface area contributed by atoms with E-state index in [4.69, 9.17) is 16.6 Å². The van der Waals surface area contributed by atoms with Gasteiger partial charge in [-0.05, 0) is 49.4 Å². The number of hydrogen-bond acceptors (Lipinski definition) is 6. The van der Waals surface area contributed by atoms with Gasteiger partial charge in [-0.3, -0.25) is 19.8 Å². The first-order valence-electron chi connectivity index (χ1n) is 9.35. The topological polar surface area (TPSA) is 76.6 Å². The van der Waals surface area contributed by atoms with Crippen LogP contribution >= 0.6 is 24.0 Å². The fourth-order valence-corrected chi connectivity index (χ4v) is 4.52. The molecule has 1 aliphatic rings. The molecule has 0 N–H and O–H groups in total. The first kappa shape index (κ1) is 22.7. The average Bonchev–Trinajstić information content (AvgIpc) is 3.31. The minimum atomic E-state index is -4.55. The lowest BCUT2D eigenvalue weighted by atomic mass is 10.1. The number of aryl methyl sites for hydroxylation is 1. The molecule has 1 saturated heterocycles. The molecular weight excluding hydrogens is 477 g/mol. The summed E-state index contributed by atoms with van der Waals surface area (Å²) in [5.74, 6) is 0.201. The van der Waals surface area contributed by atoms with Crippen molar-refractivity contribution in [3.05, 3.63) is 86.5 Å². The number of nitrogens with zero attached hydrogens (tertiary/aromatic N) is 2. The molecule has 1 amide bonds. The number of thiocarbonyl (C=S) groups is 1. The van der Waals surface area contributed by atoms with Gasteiger partial charge in [-0.2, -0.15) is 13.2 Å². The van der Waals surface area contributed by atoms with Gasteiger partial charge in [-0.1, -0.05) is 30.0 Å². The summed E-state index contributed by atoms with van der Waals surface area (Å²) in [6, 6.07) is 12.2. The van der Waals surface area contributed by atoms with E-state index in [9.17, 15) is 28.1 Å². The number of hydrogen-bond donors (Lipinski definition) is 0. The molecule has 0 saturated carbocycles. The molecular formula is C22H13F3N2O4S2. The Bertz CT molecular complexity index is 1330. The number of halogens is 3. The zero-order valence-corrected chi connectivity index (χ0v) is 18.4. The summed E-state index contributed by atoms with van der Waals surface area (Å²) in [4.78, 5) is 24.6. The Morgan fingerprint density at radius 3 is 2.58 bits per heavy atom. The highest BCUT2D eigenvalue weighted by atomic mass is 32.2. The Labute approximate surface area is 194 Å². The number of carbonyl (C=O) groups excluding carboxylic acids is 1. The van der Waals surface area contributed by atoms with E-state index in [2.05, 4.69) is 0 Å². The highest BCUT2D eigenvalue weighted by Crippen LogP contribution is 2.39. The first-order valence-corrected chi connectivity index (χ1v) is 10.6. The third kappa shape index (κ3) is 4.55. The van der Waals surface area contributed by atoms with Gasteiger partial charge in [0.15, 0.2) is 4.32 Å². The van der Waals surface area contributed by atoms with Gasteiger partial charge >= 0.3 is 6.18 Å². The van der Waals surface area contributed by atoms with Crippen molar-refractivity contribution in [3.63, 3.8) is 0 Å². The van der Waals surface area contributed by atoms with Crippen LogP contribution in [0.5, 0.6) is 0 Å². The fourth-order valence-electron chi connectivity index (χ4n) is 3.24. The molecule has 2 heterocycles. The van der Waals surface area contributed by atoms with E-state index in [-0.39, 0.29) is 20.6 Å². The van der Waals surface area contributed by atoms with Crippen LogP contribution in [0.4, 0.5) is 24.5 Å². The van der Waals surface area contributed by atoms with Gasteiger partial charge in [0.25, 0.3) is 11.6 Å². The number of rotatable bonds is 4. The average molecular weight is 490 g/mol. The first-order chi connectivity index (χ1) is 15.5. The molecule has 11 heteroatoms. The molecule has 1 aliphatic heterocycles. The van der Waals surface area contributed by atoms with Crippen LogP contribution in [-0.4, -0.2) is 15.2 Å². The Morgan fingerprint density at radius 1 is 1.15 bits per heavy atom. The van der Waals surface area contributed by atoms with Crippen molar-refractivity contribution in [1.82, 2.24) is 0 Å². The molecule has 0 unspecified atom stereocenters. The van der Waals surface area contributed by atoms with E-state index in [1.807, 2.05) is 0 Å². The van der Waals surface area contributed by atoms with Gasteiger partial charge in [0.05, 0.1) is 21.1 Å². The number of thioether (sulfide) groups is 1. The number of alkyl halides is 3. The summed E-state index contributed by atoms with van der Waals surface area (Å²) < 4.78 is 45.0. The summed E-state index contributed by atoms with van der Waals surface area (Å²) in [5, 5.41) is 11.0. The van der Waals surface area contributed by atoms with E-state index in [1.54, 1.807) is 31.2 Å². The van der Waals surface area contributed by atoms with Crippen molar-refractivity contribution < 1.29 is 27.3 Å². The van der Waals surface area contributed by atoms with Gasteiger partial charge in [0.1, 0.15) is 11.5 Å². The van der Waals surface area contributed by atoms with Gasteiger partial charge in [-0.25, -0.2) is 0 Å². The summed E-state index contributed by atoms with van der Waals surface area (Å²) in [5.41, 5.74) is 0.222. The third-order valence-corrected chi connectivity index (χ3v) is 6.11. The molecule has 1 fully saturated rings. The second kappa shape index (κ2) is 8.49. The zero-order valence-electron chi connectivity index (χ0n) is 16.8. The highest BCUT2D eigenvalue weighted by Gasteiger charge is 2.36. The standard InChI is InChI=1S/C22H13F3N2O4S2/c1-12-9-13(5-7-17(12)27(29)30)18-8-6-16(31-18)11-19-20(28)26(21(32)33-19)15-4-2-3-14(10-15)22(23,24)25/h2-11H,1H3. The van der Waals surface area contributed by atoms with E-state index in [0.29, 0.717) is 22.6 Å². The lowest BCUT2D eigenvalue weighted by Crippen LogP contribution is -2.27. The Balaban J connectivity index is 1.60. The smallest absolute Gasteiger partial charge is 0.416 e. The second-order valence-corrected chi connectivity index (χ2v) is 8.70. The maximum absolute atomic E-state index is 13.0. The predicted molar refractivity (Wildman–Crippen MR) is 123 cm³/mol. The largest absolute Gasteiger partial charge is 0.457 e. The molecule has 0 radical (unpaired) electrons. The summed E-state index contributed by atoms with van der Waals surface area (Å²) in [7, 11) is 0. The summed E-state index contributed by atoms with van der Waals surface area (Å²) in [6.07, 6.45) is -3.10. The van der Waals surface area contributed by atoms with Gasteiger partial charge < -0.3 is 4.42 Å². The lowest BCUT2D eigenvalue weighted by Gasteiger charge is -2.16. The van der Waals surface area contributed by atoms with Crippen LogP contribution in [0.1, 0.15) is 16.9 Å². The van der Waals surface area contributed by atoms with Gasteiger partial charge in [-0.15, -0.1) is 0 Å². The quantitative estimate of drug-likeness (QED) is 0.178. The SMILES string of the molecule is Cc1cc(-c2ccc(C=C3SC(=S)N(c4cccc(C(F)(F)F)c4)C3=O)o2)ccc1[N+](=O)[O-]. The van der Waals surface area contributed by atoms with E-state index >= 15 is 0 Å². The summed E-state index contributed by atoms with van der Waals surface area (Å²) >= 11 is 6.17. The summed E-state index contributed by atoms with van der Waals surface area (Å²) in [6.45, 7) is 1.62. The number of anilines is 1. The van der Waals surface area contributed by atoms with Crippen molar-refractivity contribution in [2.45, 2.75) is 13.1 Å². The third-order valence-electron chi connectivity index (χ3n) is 4.80. The Morgan fingerprint density at radius 2 is 1.91 bits per heavy atom. The van der Waals surface area contributed by atoms with Crippen molar-refractivity contribution >= 4 is 51.7 Å². The molecule has 0 aliphatic carbocycles. The minimum Gasteiger partial charge on any atom is -0.457 e. The van der Waals surface area contributed by atoms with Crippen molar-refractivity contribution in [2.24, 2.45) is 0 Å². The lowest BCUT2D eigenvalue weighted by molar-refractivity contribution is -0.385. The molecule has 0 atom stereocenters. The molecule has 168 valence electrons. The predicted octanol–water partition coefficient (Wildman–Crippen LogP) is 6.59. The van der Waals surface area contributed by atoms with Gasteiger partial charge in [0, 0.05) is 23.3 Å². The van der Waals surface area contributed by atoms with Crippen LogP contribution in [-0.2, 0) is 11.0 Å². The molecule has 33 heavy (non-hydrogen) atoms. The van der Waals surface area contributed by atoms with Crippen molar-refractivity contribution in [3.8, 4) is 11.3 Å². The van der Waals surface area contributed by atoms with Gasteiger partial charge in [0.2, 0.25) is 0 Å². The van der Waals surface area contributed by atoms with E-state index < -0.39 is 22.6 Å². The van der Waals surface area contributed by atoms with Crippen LogP contribution in [0.3, 0.4) is 0 Å². The number of nitro groups is 1. The molecule has 4 rings (SSSR count). The second-order valence-electron chi connectivity index (χ2n) is 7.03.